The van der Waals surface area contributed by atoms with Crippen LogP contribution in [-0.2, 0) is 17.8 Å². The van der Waals surface area contributed by atoms with Crippen LogP contribution >= 0.6 is 0 Å². The summed E-state index contributed by atoms with van der Waals surface area (Å²) < 4.78 is 2.06. The van der Waals surface area contributed by atoms with Gasteiger partial charge in [-0.3, -0.25) is 4.79 Å². The molecule has 0 atom stereocenters. The van der Waals surface area contributed by atoms with Gasteiger partial charge < -0.3 is 9.88 Å². The Labute approximate surface area is 140 Å². The summed E-state index contributed by atoms with van der Waals surface area (Å²) in [4.78, 5) is 11.1. The first-order valence-electron chi connectivity index (χ1n) is 8.09. The summed E-state index contributed by atoms with van der Waals surface area (Å²) in [6.45, 7) is 2.33. The zero-order valence-corrected chi connectivity index (χ0v) is 13.6. The average molecular weight is 321 g/mol. The number of anilines is 1. The van der Waals surface area contributed by atoms with Crippen molar-refractivity contribution < 1.29 is 4.79 Å². The lowest BCUT2D eigenvalue weighted by Crippen LogP contribution is -2.05. The van der Waals surface area contributed by atoms with Gasteiger partial charge in [0, 0.05) is 25.6 Å². The van der Waals surface area contributed by atoms with Crippen LogP contribution in [-0.4, -0.2) is 20.7 Å². The predicted molar refractivity (Wildman–Crippen MR) is 91.8 cm³/mol. The van der Waals surface area contributed by atoms with Gasteiger partial charge in [-0.2, -0.15) is 5.26 Å². The fourth-order valence-corrected chi connectivity index (χ4v) is 2.86. The first kappa shape index (κ1) is 15.9. The number of carbonyl (C=O) groups is 1. The maximum absolute atomic E-state index is 11.1. The monoisotopic (exact) mass is 321 g/mol. The molecule has 0 radical (unpaired) electrons. The Morgan fingerprint density at radius 3 is 2.75 bits per heavy atom. The molecule has 6 heteroatoms. The molecule has 2 aromatic rings. The highest BCUT2D eigenvalue weighted by atomic mass is 16.1. The Bertz CT molecular complexity index is 811. The van der Waals surface area contributed by atoms with Crippen molar-refractivity contribution in [3.05, 3.63) is 41.5 Å². The van der Waals surface area contributed by atoms with Crippen molar-refractivity contribution in [1.82, 2.24) is 14.8 Å². The molecule has 1 N–H and O–H groups in total. The second-order valence-electron chi connectivity index (χ2n) is 5.88. The van der Waals surface area contributed by atoms with Crippen LogP contribution in [0.15, 0.2) is 24.3 Å². The number of hydrogen-bond acceptors (Lipinski definition) is 4. The van der Waals surface area contributed by atoms with Crippen molar-refractivity contribution in [2.45, 2.75) is 39.2 Å². The van der Waals surface area contributed by atoms with E-state index >= 15 is 0 Å². The molecule has 0 saturated carbocycles. The third-order valence-corrected chi connectivity index (χ3v) is 4.01. The van der Waals surface area contributed by atoms with E-state index in [1.807, 2.05) is 24.3 Å². The minimum Gasteiger partial charge on any atom is -0.326 e. The largest absolute Gasteiger partial charge is 0.326 e. The molecule has 1 aromatic carbocycles. The lowest BCUT2D eigenvalue weighted by atomic mass is 10.1. The minimum absolute atomic E-state index is 0.109. The molecule has 0 fully saturated rings. The molecule has 1 amide bonds. The van der Waals surface area contributed by atoms with Crippen molar-refractivity contribution in [1.29, 1.82) is 5.26 Å². The van der Waals surface area contributed by atoms with Crippen LogP contribution < -0.4 is 5.32 Å². The molecule has 6 nitrogen and oxygen atoms in total. The molecule has 0 saturated heterocycles. The molecule has 0 aliphatic carbocycles. The van der Waals surface area contributed by atoms with Gasteiger partial charge in [-0.15, -0.1) is 10.2 Å². The van der Waals surface area contributed by atoms with E-state index in [0.29, 0.717) is 11.4 Å². The molecule has 24 heavy (non-hydrogen) atoms. The minimum atomic E-state index is -0.109. The van der Waals surface area contributed by atoms with Gasteiger partial charge in [0.1, 0.15) is 11.9 Å². The molecule has 0 spiro atoms. The molecule has 1 aliphatic heterocycles. The molecule has 2 heterocycles. The molecule has 122 valence electrons. The van der Waals surface area contributed by atoms with E-state index in [-0.39, 0.29) is 5.91 Å². The molecule has 0 unspecified atom stereocenters. The lowest BCUT2D eigenvalue weighted by Gasteiger charge is -2.06. The van der Waals surface area contributed by atoms with E-state index in [0.717, 1.165) is 42.9 Å². The van der Waals surface area contributed by atoms with E-state index in [1.165, 1.54) is 13.3 Å². The number of nitriles is 1. The van der Waals surface area contributed by atoms with Crippen LogP contribution in [0.4, 0.5) is 5.69 Å². The van der Waals surface area contributed by atoms with E-state index in [9.17, 15) is 10.1 Å². The van der Waals surface area contributed by atoms with Gasteiger partial charge in [-0.05, 0) is 36.6 Å². The Morgan fingerprint density at radius 2 is 2.04 bits per heavy atom. The number of benzene rings is 1. The number of allylic oxidation sites excluding steroid dienone is 1. The highest BCUT2D eigenvalue weighted by Crippen LogP contribution is 2.22. The second-order valence-corrected chi connectivity index (χ2v) is 5.88. The second kappa shape index (κ2) is 7.09. The van der Waals surface area contributed by atoms with Crippen molar-refractivity contribution in [2.75, 3.05) is 5.32 Å². The van der Waals surface area contributed by atoms with Crippen LogP contribution in [0.5, 0.6) is 0 Å². The van der Waals surface area contributed by atoms with Gasteiger partial charge in [0.2, 0.25) is 5.91 Å². The molecule has 3 rings (SSSR count). The summed E-state index contributed by atoms with van der Waals surface area (Å²) >= 11 is 0. The third kappa shape index (κ3) is 3.51. The highest BCUT2D eigenvalue weighted by molar-refractivity contribution is 5.90. The zero-order valence-electron chi connectivity index (χ0n) is 13.6. The van der Waals surface area contributed by atoms with Crippen LogP contribution in [0.1, 0.15) is 43.4 Å². The van der Waals surface area contributed by atoms with Crippen LogP contribution in [0, 0.1) is 11.3 Å². The average Bonchev–Trinajstić information content (AvgIpc) is 2.82. The van der Waals surface area contributed by atoms with Gasteiger partial charge in [0.25, 0.3) is 0 Å². The summed E-state index contributed by atoms with van der Waals surface area (Å²) in [5, 5.41) is 20.7. The maximum Gasteiger partial charge on any atom is 0.221 e. The van der Waals surface area contributed by atoms with Gasteiger partial charge in [-0.1, -0.05) is 18.6 Å². The number of nitrogens with zero attached hydrogens (tertiary/aromatic N) is 4. The van der Waals surface area contributed by atoms with E-state index < -0.39 is 0 Å². The topological polar surface area (TPSA) is 83.6 Å². The summed E-state index contributed by atoms with van der Waals surface area (Å²) in [6.07, 6.45) is 6.10. The van der Waals surface area contributed by atoms with E-state index in [4.69, 9.17) is 0 Å². The van der Waals surface area contributed by atoms with Crippen molar-refractivity contribution >= 4 is 23.2 Å². The number of aromatic nitrogens is 3. The fourth-order valence-electron chi connectivity index (χ4n) is 2.86. The predicted octanol–water partition coefficient (Wildman–Crippen LogP) is 3.03. The Hall–Kier alpha value is -2.94. The van der Waals surface area contributed by atoms with Crippen molar-refractivity contribution in [3.8, 4) is 6.07 Å². The quantitative estimate of drug-likeness (QED) is 0.881. The number of carbonyl (C=O) groups excluding carboxylic acids is 1. The summed E-state index contributed by atoms with van der Waals surface area (Å²) in [6, 6.07) is 9.59. The molecule has 1 aliphatic rings. The summed E-state index contributed by atoms with van der Waals surface area (Å²) in [5.74, 6) is 1.49. The normalized spacial score (nSPS) is 14.4. The summed E-state index contributed by atoms with van der Waals surface area (Å²) in [7, 11) is 0. The Morgan fingerprint density at radius 1 is 1.25 bits per heavy atom. The Kier molecular flexibility index (Phi) is 4.71. The number of fused-ring (bicyclic) bond motifs is 1. The Balaban J connectivity index is 1.89. The van der Waals surface area contributed by atoms with Crippen LogP contribution in [0.3, 0.4) is 0 Å². The number of amides is 1. The summed E-state index contributed by atoms with van der Waals surface area (Å²) in [5.41, 5.74) is 2.11. The van der Waals surface area contributed by atoms with Crippen molar-refractivity contribution in [2.24, 2.45) is 0 Å². The standard InChI is InChI=1S/C18H19N5O/c1-13(24)20-16-8-6-14(7-9-16)11-15(12-19)18-22-21-17-5-3-2-4-10-23(17)18/h6-9,11H,2-5,10H2,1H3,(H,20,24)/b15-11+. The smallest absolute Gasteiger partial charge is 0.221 e. The molecular formula is C18H19N5O. The van der Waals surface area contributed by atoms with E-state index in [1.54, 1.807) is 6.08 Å². The maximum atomic E-state index is 11.1. The molecule has 0 bridgehead atoms. The number of rotatable bonds is 3. The molecular weight excluding hydrogens is 302 g/mol. The molecule has 1 aromatic heterocycles. The SMILES string of the molecule is CC(=O)Nc1ccc(/C=C(\C#N)c2nnc3n2CCCCC3)cc1. The van der Waals surface area contributed by atoms with Crippen LogP contribution in [0.25, 0.3) is 11.6 Å². The fraction of sp³-hybridized carbons (Fsp3) is 0.333. The highest BCUT2D eigenvalue weighted by Gasteiger charge is 2.17. The lowest BCUT2D eigenvalue weighted by molar-refractivity contribution is -0.114. The zero-order chi connectivity index (χ0) is 16.9. The van der Waals surface area contributed by atoms with Gasteiger partial charge in [0.05, 0.1) is 5.57 Å². The van der Waals surface area contributed by atoms with Crippen molar-refractivity contribution in [3.63, 3.8) is 0 Å². The number of nitrogens with one attached hydrogen (secondary N) is 1. The van der Waals surface area contributed by atoms with Crippen LogP contribution in [0.2, 0.25) is 0 Å². The first-order chi connectivity index (χ1) is 11.7. The van der Waals surface area contributed by atoms with Gasteiger partial charge in [-0.25, -0.2) is 0 Å². The number of aryl methyl sites for hydroxylation is 1. The third-order valence-electron chi connectivity index (χ3n) is 4.01. The van der Waals surface area contributed by atoms with Gasteiger partial charge in [0.15, 0.2) is 5.82 Å². The van der Waals surface area contributed by atoms with E-state index in [2.05, 4.69) is 26.2 Å². The first-order valence-corrected chi connectivity index (χ1v) is 8.09. The van der Waals surface area contributed by atoms with Gasteiger partial charge >= 0.3 is 0 Å². The number of hydrogen-bond donors (Lipinski definition) is 1.